The van der Waals surface area contributed by atoms with Crippen LogP contribution in [0.5, 0.6) is 11.5 Å². The highest BCUT2D eigenvalue weighted by molar-refractivity contribution is 5.79. The number of amides is 1. The molecule has 1 saturated heterocycles. The van der Waals surface area contributed by atoms with Crippen LogP contribution in [0.15, 0.2) is 18.2 Å². The summed E-state index contributed by atoms with van der Waals surface area (Å²) in [5.41, 5.74) is 0.983. The van der Waals surface area contributed by atoms with E-state index in [2.05, 4.69) is 0 Å². The van der Waals surface area contributed by atoms with Crippen LogP contribution >= 0.6 is 0 Å². The standard InChI is InChI=1S/C12H13NO4/c14-9-4-12(15)13(6-9)5-8-1-2-10-11(3-8)17-7-16-10/h1-3,9,14H,4-7H2. The molecular weight excluding hydrogens is 222 g/mol. The normalized spacial score (nSPS) is 22.3. The molecule has 0 aliphatic carbocycles. The van der Waals surface area contributed by atoms with E-state index in [0.717, 1.165) is 17.1 Å². The lowest BCUT2D eigenvalue weighted by Gasteiger charge is -2.15. The highest BCUT2D eigenvalue weighted by Crippen LogP contribution is 2.33. The Morgan fingerprint density at radius 1 is 1.35 bits per heavy atom. The van der Waals surface area contributed by atoms with Crippen LogP contribution < -0.4 is 9.47 Å². The van der Waals surface area contributed by atoms with Crippen molar-refractivity contribution in [1.82, 2.24) is 4.90 Å². The largest absolute Gasteiger partial charge is 0.454 e. The Morgan fingerprint density at radius 3 is 2.94 bits per heavy atom. The van der Waals surface area contributed by atoms with Crippen molar-refractivity contribution in [2.75, 3.05) is 13.3 Å². The SMILES string of the molecule is O=C1CC(O)CN1Cc1ccc2c(c1)OCO2. The van der Waals surface area contributed by atoms with Gasteiger partial charge in [0.15, 0.2) is 11.5 Å². The minimum atomic E-state index is -0.531. The number of likely N-dealkylation sites (tertiary alicyclic amines) is 1. The number of rotatable bonds is 2. The summed E-state index contributed by atoms with van der Waals surface area (Å²) < 4.78 is 10.5. The van der Waals surface area contributed by atoms with E-state index >= 15 is 0 Å². The molecule has 0 spiro atoms. The maximum atomic E-state index is 11.5. The molecule has 1 unspecified atom stereocenters. The van der Waals surface area contributed by atoms with Crippen molar-refractivity contribution in [1.29, 1.82) is 0 Å². The Labute approximate surface area is 98.6 Å². The lowest BCUT2D eigenvalue weighted by atomic mass is 10.2. The van der Waals surface area contributed by atoms with E-state index in [0.29, 0.717) is 13.1 Å². The van der Waals surface area contributed by atoms with Crippen molar-refractivity contribution in [3.8, 4) is 11.5 Å². The van der Waals surface area contributed by atoms with Crippen LogP contribution in [0.3, 0.4) is 0 Å². The number of nitrogens with zero attached hydrogens (tertiary/aromatic N) is 1. The first-order chi connectivity index (χ1) is 8.22. The summed E-state index contributed by atoms with van der Waals surface area (Å²) in [6, 6.07) is 5.63. The van der Waals surface area contributed by atoms with Gasteiger partial charge >= 0.3 is 0 Å². The van der Waals surface area contributed by atoms with Gasteiger partial charge in [0.05, 0.1) is 12.5 Å². The molecule has 1 aromatic carbocycles. The third-order valence-electron chi connectivity index (χ3n) is 3.00. The average molecular weight is 235 g/mol. The van der Waals surface area contributed by atoms with Gasteiger partial charge in [-0.05, 0) is 17.7 Å². The van der Waals surface area contributed by atoms with Gasteiger partial charge in [-0.2, -0.15) is 0 Å². The Kier molecular flexibility index (Phi) is 2.40. The maximum Gasteiger partial charge on any atom is 0.231 e. The molecule has 0 radical (unpaired) electrons. The fourth-order valence-corrected chi connectivity index (χ4v) is 2.16. The lowest BCUT2D eigenvalue weighted by molar-refractivity contribution is -0.128. The van der Waals surface area contributed by atoms with Crippen molar-refractivity contribution in [3.63, 3.8) is 0 Å². The minimum Gasteiger partial charge on any atom is -0.454 e. The molecule has 17 heavy (non-hydrogen) atoms. The smallest absolute Gasteiger partial charge is 0.231 e. The minimum absolute atomic E-state index is 0.00448. The van der Waals surface area contributed by atoms with Crippen LogP contribution in [0.4, 0.5) is 0 Å². The molecule has 2 aliphatic rings. The average Bonchev–Trinajstić information content (AvgIpc) is 2.85. The van der Waals surface area contributed by atoms with Gasteiger partial charge in [0.2, 0.25) is 12.7 Å². The first kappa shape index (κ1) is 10.4. The number of β-amino-alcohol motifs (C(OH)–C–C–N with tert-alkyl or cyclic N) is 1. The molecule has 0 aromatic heterocycles. The second-order valence-corrected chi connectivity index (χ2v) is 4.32. The van der Waals surface area contributed by atoms with Gasteiger partial charge in [0.25, 0.3) is 0 Å². The predicted octanol–water partition coefficient (Wildman–Crippen LogP) is 0.508. The number of benzene rings is 1. The fourth-order valence-electron chi connectivity index (χ4n) is 2.16. The lowest BCUT2D eigenvalue weighted by Crippen LogP contribution is -2.25. The van der Waals surface area contributed by atoms with Crippen molar-refractivity contribution >= 4 is 5.91 Å². The Hall–Kier alpha value is -1.75. The quantitative estimate of drug-likeness (QED) is 0.811. The number of ether oxygens (including phenoxy) is 2. The third kappa shape index (κ3) is 1.93. The molecule has 1 fully saturated rings. The number of carbonyl (C=O) groups excluding carboxylic acids is 1. The first-order valence-corrected chi connectivity index (χ1v) is 5.57. The fraction of sp³-hybridized carbons (Fsp3) is 0.417. The summed E-state index contributed by atoms with van der Waals surface area (Å²) in [5, 5.41) is 9.40. The van der Waals surface area contributed by atoms with Crippen LogP contribution in [0.25, 0.3) is 0 Å². The zero-order chi connectivity index (χ0) is 11.8. The molecule has 2 aliphatic heterocycles. The summed E-state index contributed by atoms with van der Waals surface area (Å²) in [5.74, 6) is 1.45. The summed E-state index contributed by atoms with van der Waals surface area (Å²) in [4.78, 5) is 13.2. The Balaban J connectivity index is 1.75. The molecule has 90 valence electrons. The summed E-state index contributed by atoms with van der Waals surface area (Å²) in [6.07, 6.45) is -0.304. The van der Waals surface area contributed by atoms with Crippen LogP contribution in [0.2, 0.25) is 0 Å². The molecule has 5 heteroatoms. The van der Waals surface area contributed by atoms with Gasteiger partial charge in [-0.15, -0.1) is 0 Å². The molecule has 1 amide bonds. The second-order valence-electron chi connectivity index (χ2n) is 4.32. The topological polar surface area (TPSA) is 59.0 Å². The highest BCUT2D eigenvalue weighted by atomic mass is 16.7. The van der Waals surface area contributed by atoms with Gasteiger partial charge in [-0.1, -0.05) is 6.07 Å². The number of aliphatic hydroxyl groups excluding tert-OH is 1. The van der Waals surface area contributed by atoms with Gasteiger partial charge in [0, 0.05) is 13.1 Å². The molecule has 1 N–H and O–H groups in total. The molecule has 5 nitrogen and oxygen atoms in total. The van der Waals surface area contributed by atoms with E-state index in [1.54, 1.807) is 4.90 Å². The number of carbonyl (C=O) groups is 1. The van der Waals surface area contributed by atoms with Crippen LogP contribution in [-0.2, 0) is 11.3 Å². The van der Waals surface area contributed by atoms with Gasteiger partial charge in [-0.3, -0.25) is 4.79 Å². The number of aliphatic hydroxyl groups is 1. The number of hydrogen-bond donors (Lipinski definition) is 1. The molecular formula is C12H13NO4. The summed E-state index contributed by atoms with van der Waals surface area (Å²) in [6.45, 7) is 1.17. The monoisotopic (exact) mass is 235 g/mol. The highest BCUT2D eigenvalue weighted by Gasteiger charge is 2.28. The molecule has 1 aromatic rings. The van der Waals surface area contributed by atoms with Crippen LogP contribution in [0, 0.1) is 0 Å². The second kappa shape index (κ2) is 3.92. The molecule has 0 bridgehead atoms. The maximum absolute atomic E-state index is 11.5. The summed E-state index contributed by atoms with van der Waals surface area (Å²) >= 11 is 0. The van der Waals surface area contributed by atoms with Crippen LogP contribution in [-0.4, -0.2) is 35.4 Å². The molecule has 3 rings (SSSR count). The van der Waals surface area contributed by atoms with Crippen molar-refractivity contribution in [3.05, 3.63) is 23.8 Å². The van der Waals surface area contributed by atoms with Gasteiger partial charge in [0.1, 0.15) is 0 Å². The van der Waals surface area contributed by atoms with Gasteiger partial charge in [-0.25, -0.2) is 0 Å². The molecule has 1 atom stereocenters. The van der Waals surface area contributed by atoms with E-state index in [1.165, 1.54) is 0 Å². The Morgan fingerprint density at radius 2 is 2.18 bits per heavy atom. The van der Waals surface area contributed by atoms with E-state index < -0.39 is 6.10 Å². The first-order valence-electron chi connectivity index (χ1n) is 5.57. The van der Waals surface area contributed by atoms with Gasteiger partial charge < -0.3 is 19.5 Å². The van der Waals surface area contributed by atoms with E-state index in [1.807, 2.05) is 18.2 Å². The van der Waals surface area contributed by atoms with E-state index in [9.17, 15) is 9.90 Å². The Bertz CT molecular complexity index is 460. The third-order valence-corrected chi connectivity index (χ3v) is 3.00. The van der Waals surface area contributed by atoms with E-state index in [4.69, 9.17) is 9.47 Å². The van der Waals surface area contributed by atoms with Crippen LogP contribution in [0.1, 0.15) is 12.0 Å². The zero-order valence-corrected chi connectivity index (χ0v) is 9.26. The molecule has 2 heterocycles. The van der Waals surface area contributed by atoms with Crippen molar-refractivity contribution in [2.24, 2.45) is 0 Å². The van der Waals surface area contributed by atoms with Crippen molar-refractivity contribution < 1.29 is 19.4 Å². The summed E-state index contributed by atoms with van der Waals surface area (Å²) in [7, 11) is 0. The number of fused-ring (bicyclic) bond motifs is 1. The molecule has 0 saturated carbocycles. The zero-order valence-electron chi connectivity index (χ0n) is 9.26. The van der Waals surface area contributed by atoms with E-state index in [-0.39, 0.29) is 19.1 Å². The number of hydrogen-bond acceptors (Lipinski definition) is 4. The van der Waals surface area contributed by atoms with Crippen molar-refractivity contribution in [2.45, 2.75) is 19.1 Å². The predicted molar refractivity (Wildman–Crippen MR) is 58.6 cm³/mol.